The summed E-state index contributed by atoms with van der Waals surface area (Å²) in [5.41, 5.74) is 14.6. The van der Waals surface area contributed by atoms with Crippen LogP contribution in [0.2, 0.25) is 0 Å². The molecule has 6 aromatic rings. The lowest BCUT2D eigenvalue weighted by molar-refractivity contribution is 0.467. The molecule has 2 aliphatic carbocycles. The molecule has 0 radical (unpaired) electrons. The fourth-order valence-electron chi connectivity index (χ4n) is 8.27. The molecule has 3 aliphatic rings. The normalized spacial score (nSPS) is 18.2. The van der Waals surface area contributed by atoms with Crippen LogP contribution in [0.5, 0.6) is 5.75 Å². The highest BCUT2D eigenvalue weighted by Gasteiger charge is 2.29. The molecule has 2 unspecified atom stereocenters. The zero-order valence-corrected chi connectivity index (χ0v) is 32.7. The van der Waals surface area contributed by atoms with Crippen LogP contribution in [0.15, 0.2) is 162 Å². The number of terminal acetylenes is 1. The van der Waals surface area contributed by atoms with Crippen molar-refractivity contribution in [2.24, 2.45) is 0 Å². The third-order valence-corrected chi connectivity index (χ3v) is 12.7. The van der Waals surface area contributed by atoms with Crippen LogP contribution in [0, 0.1) is 33.1 Å². The van der Waals surface area contributed by atoms with Crippen molar-refractivity contribution in [1.29, 1.82) is 0 Å². The number of fused-ring (bicyclic) bond motifs is 4. The maximum absolute atomic E-state index is 10.6. The second-order valence-electron chi connectivity index (χ2n) is 14.9. The van der Waals surface area contributed by atoms with Gasteiger partial charge in [0.05, 0.1) is 0 Å². The van der Waals surface area contributed by atoms with Crippen LogP contribution < -0.4 is 5.32 Å². The van der Waals surface area contributed by atoms with E-state index < -0.39 is 0 Å². The van der Waals surface area contributed by atoms with Crippen molar-refractivity contribution in [3.05, 3.63) is 196 Å². The number of aromatic hydroxyl groups is 1. The second-order valence-corrected chi connectivity index (χ2v) is 16.2. The first kappa shape index (κ1) is 36.0. The lowest BCUT2D eigenvalue weighted by Gasteiger charge is -2.29. The molecular weight excluding hydrogens is 687 g/mol. The van der Waals surface area contributed by atoms with Gasteiger partial charge in [0.2, 0.25) is 0 Å². The van der Waals surface area contributed by atoms with Crippen molar-refractivity contribution >= 4 is 39.4 Å². The lowest BCUT2D eigenvalue weighted by Crippen LogP contribution is -2.21. The summed E-state index contributed by atoms with van der Waals surface area (Å²) in [6.07, 6.45) is 19.3. The van der Waals surface area contributed by atoms with Crippen LogP contribution in [0.3, 0.4) is 0 Å². The molecule has 0 spiro atoms. The van der Waals surface area contributed by atoms with Crippen molar-refractivity contribution < 1.29 is 5.11 Å². The van der Waals surface area contributed by atoms with E-state index >= 15 is 0 Å². The Morgan fingerprint density at radius 1 is 0.764 bits per heavy atom. The molecule has 2 N–H and O–H groups in total. The van der Waals surface area contributed by atoms with Crippen molar-refractivity contribution in [1.82, 2.24) is 0 Å². The minimum absolute atomic E-state index is 0.0214. The van der Waals surface area contributed by atoms with Gasteiger partial charge in [0.25, 0.3) is 0 Å². The third-order valence-electron chi connectivity index (χ3n) is 11.4. The molecule has 2 atom stereocenters. The number of allylic oxidation sites excluding steroid dienone is 6. The van der Waals surface area contributed by atoms with Gasteiger partial charge in [0.15, 0.2) is 0 Å². The fourth-order valence-corrected chi connectivity index (χ4v) is 9.56. The number of hydrogen-bond acceptors (Lipinski definition) is 3. The van der Waals surface area contributed by atoms with E-state index in [-0.39, 0.29) is 11.2 Å². The number of benzene rings is 6. The first-order chi connectivity index (χ1) is 26.7. The number of thioether (sulfide) groups is 1. The highest BCUT2D eigenvalue weighted by molar-refractivity contribution is 8.00. The van der Waals surface area contributed by atoms with Crippen molar-refractivity contribution in [3.63, 3.8) is 0 Å². The van der Waals surface area contributed by atoms with Crippen molar-refractivity contribution in [2.45, 2.75) is 56.1 Å². The monoisotopic (exact) mass is 731 g/mol. The first-order valence-corrected chi connectivity index (χ1v) is 19.9. The molecule has 0 aromatic heterocycles. The predicted octanol–water partition coefficient (Wildman–Crippen LogP) is 13.4. The highest BCUT2D eigenvalue weighted by atomic mass is 32.2. The Hall–Kier alpha value is -5.95. The topological polar surface area (TPSA) is 32.3 Å². The van der Waals surface area contributed by atoms with E-state index in [1.807, 2.05) is 32.5 Å². The minimum Gasteiger partial charge on any atom is -0.507 e. The van der Waals surface area contributed by atoms with E-state index in [2.05, 4.69) is 170 Å². The van der Waals surface area contributed by atoms with E-state index in [4.69, 9.17) is 6.42 Å². The molecule has 3 heteroatoms. The van der Waals surface area contributed by atoms with Crippen LogP contribution in [-0.2, 0) is 5.41 Å². The average Bonchev–Trinajstić information content (AvgIpc) is 3.60. The quantitative estimate of drug-likeness (QED) is 0.173. The van der Waals surface area contributed by atoms with Gasteiger partial charge in [-0.1, -0.05) is 134 Å². The zero-order chi connectivity index (χ0) is 38.1. The van der Waals surface area contributed by atoms with Gasteiger partial charge in [0.1, 0.15) is 5.75 Å². The number of anilines is 1. The van der Waals surface area contributed by atoms with Gasteiger partial charge in [-0.05, 0) is 125 Å². The van der Waals surface area contributed by atoms with Crippen LogP contribution in [0.1, 0.15) is 58.7 Å². The van der Waals surface area contributed by atoms with Crippen molar-refractivity contribution in [2.75, 3.05) is 5.32 Å². The summed E-state index contributed by atoms with van der Waals surface area (Å²) in [6, 6.07) is 43.0. The van der Waals surface area contributed by atoms with Gasteiger partial charge in [-0.2, -0.15) is 0 Å². The van der Waals surface area contributed by atoms with Gasteiger partial charge >= 0.3 is 0 Å². The van der Waals surface area contributed by atoms with Crippen LogP contribution >= 0.6 is 11.8 Å². The smallest absolute Gasteiger partial charge is 0.123 e. The molecule has 55 heavy (non-hydrogen) atoms. The summed E-state index contributed by atoms with van der Waals surface area (Å²) in [5.74, 6) is 3.02. The fraction of sp³-hybridized carbons (Fsp3) is 0.154. The molecule has 0 bridgehead atoms. The molecule has 0 amide bonds. The van der Waals surface area contributed by atoms with Crippen LogP contribution in [-0.4, -0.2) is 10.4 Å². The maximum Gasteiger partial charge on any atom is 0.123 e. The summed E-state index contributed by atoms with van der Waals surface area (Å²) < 4.78 is 0. The summed E-state index contributed by atoms with van der Waals surface area (Å²) in [6.45, 7) is 8.11. The van der Waals surface area contributed by atoms with E-state index in [0.717, 1.165) is 57.6 Å². The van der Waals surface area contributed by atoms with Gasteiger partial charge < -0.3 is 10.4 Å². The molecule has 0 saturated heterocycles. The standard InChI is InChI=1S/C30H29NO.C22H16S/c1-6-27-20(2)28(22(4)29(32)21(27)3)23-12-14-25(15-13-23)31-26-16-18-30(5,19-17-26)24-10-8-7-9-11-24;1-2-8-17-15(6-1)7-5-10-18(17)16-12-13-22-20(14-16)19-9-3-4-11-21(19)23-22/h1,7-18,31-32H,19H2,2-5H3;1-12,14,22H,13H2. The Bertz CT molecular complexity index is 2590. The number of phenols is 1. The maximum atomic E-state index is 10.6. The Morgan fingerprint density at radius 3 is 2.24 bits per heavy atom. The number of hydrogen-bond donors (Lipinski definition) is 2. The largest absolute Gasteiger partial charge is 0.507 e. The van der Waals surface area contributed by atoms with E-state index in [0.29, 0.717) is 5.25 Å². The molecule has 2 nitrogen and oxygen atoms in total. The summed E-state index contributed by atoms with van der Waals surface area (Å²) in [7, 11) is 0. The molecule has 1 heterocycles. The molecule has 0 saturated carbocycles. The Kier molecular flexibility index (Phi) is 9.87. The Balaban J connectivity index is 0.000000163. The SMILES string of the molecule is C#Cc1c(C)c(O)c(C)c(-c2ccc(NC3=CCC(C)(c4ccccc4)C=C3)cc2)c1C.C1=C(c2cccc3ccccc23)C=C2c3ccccc3SC2C1. The third kappa shape index (κ3) is 6.95. The Labute approximate surface area is 330 Å². The van der Waals surface area contributed by atoms with E-state index in [1.165, 1.54) is 43.5 Å². The molecule has 1 aliphatic heterocycles. The second kappa shape index (κ2) is 15.1. The summed E-state index contributed by atoms with van der Waals surface area (Å²) >= 11 is 2.01. The minimum atomic E-state index is 0.0214. The molecule has 6 aromatic carbocycles. The number of rotatable bonds is 5. The summed E-state index contributed by atoms with van der Waals surface area (Å²) in [4.78, 5) is 1.43. The number of nitrogens with one attached hydrogen (secondary N) is 1. The van der Waals surface area contributed by atoms with Crippen LogP contribution in [0.4, 0.5) is 5.69 Å². The zero-order valence-electron chi connectivity index (χ0n) is 31.9. The highest BCUT2D eigenvalue weighted by Crippen LogP contribution is 2.49. The molecular formula is C52H45NOS. The van der Waals surface area contributed by atoms with Gasteiger partial charge in [-0.15, -0.1) is 18.2 Å². The number of phenolic OH excluding ortho intramolecular Hbond substituents is 1. The Morgan fingerprint density at radius 2 is 1.47 bits per heavy atom. The average molecular weight is 732 g/mol. The van der Waals surface area contributed by atoms with Crippen molar-refractivity contribution in [3.8, 4) is 29.2 Å². The van der Waals surface area contributed by atoms with Gasteiger partial charge in [-0.25, -0.2) is 0 Å². The molecule has 9 rings (SSSR count). The van der Waals surface area contributed by atoms with E-state index in [9.17, 15) is 5.11 Å². The summed E-state index contributed by atoms with van der Waals surface area (Å²) in [5, 5.41) is 17.3. The van der Waals surface area contributed by atoms with Crippen LogP contribution in [0.25, 0.3) is 33.0 Å². The van der Waals surface area contributed by atoms with E-state index in [1.54, 1.807) is 0 Å². The van der Waals surface area contributed by atoms with Gasteiger partial charge in [-0.3, -0.25) is 0 Å². The first-order valence-electron chi connectivity index (χ1n) is 19.0. The predicted molar refractivity (Wildman–Crippen MR) is 236 cm³/mol. The molecule has 0 fully saturated rings. The lowest BCUT2D eigenvalue weighted by atomic mass is 9.77. The van der Waals surface area contributed by atoms with Gasteiger partial charge in [0, 0.05) is 38.1 Å². The molecule has 270 valence electrons.